The molecule has 3 aliphatic heterocycles. The van der Waals surface area contributed by atoms with Gasteiger partial charge in [0.25, 0.3) is 21.4 Å². The van der Waals surface area contributed by atoms with Crippen LogP contribution in [0.2, 0.25) is 0 Å². The van der Waals surface area contributed by atoms with Gasteiger partial charge in [0.1, 0.15) is 17.8 Å². The largest absolute Gasteiger partial charge is 0.443 e. The molecule has 4 heterocycles. The van der Waals surface area contributed by atoms with Gasteiger partial charge in [-0.25, -0.2) is 9.59 Å². The second-order valence-electron chi connectivity index (χ2n) is 13.0. The van der Waals surface area contributed by atoms with Gasteiger partial charge in [-0.3, -0.25) is 23.7 Å². The second-order valence-corrected chi connectivity index (χ2v) is 14.6. The van der Waals surface area contributed by atoms with Crippen molar-refractivity contribution in [3.8, 4) is 0 Å². The molecule has 3 saturated heterocycles. The standard InChI is InChI=1S/C31H41N3O14S/c1-19-17-32(29(36)33(27(19)35)30(37)47-31(2,3)4)28-26(48-49(40,41)21-13-11-20(12-14-21)34(38)39)25(46-24-10-6-8-16-43-24)22(45-28)18-44-23-9-5-7-15-42-23/h11-14,17,22-26,28H,5-10,15-16,18H2,1-4H3/t22-,23?,24?,25-,26-,28-/m1/s1. The van der Waals surface area contributed by atoms with Crippen LogP contribution in [0.5, 0.6) is 0 Å². The Hall–Kier alpha value is -3.52. The average Bonchev–Trinajstić information content (AvgIpc) is 3.37. The summed E-state index contributed by atoms with van der Waals surface area (Å²) in [6.07, 6.45) is -2.57. The lowest BCUT2D eigenvalue weighted by Crippen LogP contribution is -2.49. The predicted molar refractivity (Wildman–Crippen MR) is 168 cm³/mol. The Morgan fingerprint density at radius 3 is 2.20 bits per heavy atom. The number of rotatable bonds is 10. The zero-order valence-corrected chi connectivity index (χ0v) is 28.5. The average molecular weight is 712 g/mol. The number of hydrogen-bond acceptors (Lipinski definition) is 14. The number of non-ortho nitro benzene ring substituents is 1. The first-order valence-electron chi connectivity index (χ1n) is 16.1. The molecule has 0 bridgehead atoms. The van der Waals surface area contributed by atoms with Gasteiger partial charge in [-0.15, -0.1) is 0 Å². The van der Waals surface area contributed by atoms with Crippen LogP contribution in [-0.2, 0) is 42.7 Å². The molecule has 18 heteroatoms. The van der Waals surface area contributed by atoms with E-state index in [9.17, 15) is 32.9 Å². The molecule has 5 rings (SSSR count). The number of ether oxygens (including phenoxy) is 6. The molecule has 0 radical (unpaired) electrons. The maximum absolute atomic E-state index is 13.9. The first-order valence-corrected chi connectivity index (χ1v) is 17.5. The third-order valence-electron chi connectivity index (χ3n) is 8.03. The maximum Gasteiger partial charge on any atom is 0.425 e. The summed E-state index contributed by atoms with van der Waals surface area (Å²) in [5.41, 5.74) is -3.59. The Kier molecular flexibility index (Phi) is 11.4. The molecule has 17 nitrogen and oxygen atoms in total. The molecular formula is C31H41N3O14S. The van der Waals surface area contributed by atoms with Crippen molar-refractivity contribution >= 4 is 21.9 Å². The van der Waals surface area contributed by atoms with Gasteiger partial charge in [0.05, 0.1) is 16.4 Å². The van der Waals surface area contributed by atoms with Gasteiger partial charge in [-0.05, 0) is 78.4 Å². The minimum Gasteiger partial charge on any atom is -0.443 e. The highest BCUT2D eigenvalue weighted by molar-refractivity contribution is 7.86. The summed E-state index contributed by atoms with van der Waals surface area (Å²) < 4.78 is 69.9. The number of nitrogens with zero attached hydrogens (tertiary/aromatic N) is 3. The van der Waals surface area contributed by atoms with Crippen molar-refractivity contribution in [2.75, 3.05) is 19.8 Å². The lowest BCUT2D eigenvalue weighted by Gasteiger charge is -2.31. The van der Waals surface area contributed by atoms with E-state index in [2.05, 4.69) is 0 Å². The molecule has 3 aliphatic rings. The lowest BCUT2D eigenvalue weighted by molar-refractivity contribution is -0.384. The van der Waals surface area contributed by atoms with E-state index >= 15 is 0 Å². The van der Waals surface area contributed by atoms with E-state index in [1.165, 1.54) is 6.92 Å². The van der Waals surface area contributed by atoms with Crippen LogP contribution in [0, 0.1) is 17.0 Å². The summed E-state index contributed by atoms with van der Waals surface area (Å²) in [5.74, 6) is 0. The smallest absolute Gasteiger partial charge is 0.425 e. The van der Waals surface area contributed by atoms with Crippen LogP contribution >= 0.6 is 0 Å². The third-order valence-corrected chi connectivity index (χ3v) is 9.35. The molecule has 0 amide bonds. The zero-order valence-electron chi connectivity index (χ0n) is 27.7. The Balaban J connectivity index is 1.58. The molecule has 0 saturated carbocycles. The molecule has 2 unspecified atom stereocenters. The van der Waals surface area contributed by atoms with E-state index in [1.807, 2.05) is 0 Å². The summed E-state index contributed by atoms with van der Waals surface area (Å²) >= 11 is 0. The Morgan fingerprint density at radius 1 is 1.00 bits per heavy atom. The Morgan fingerprint density at radius 2 is 1.63 bits per heavy atom. The molecule has 0 aliphatic carbocycles. The van der Waals surface area contributed by atoms with E-state index in [0.29, 0.717) is 30.6 Å². The van der Waals surface area contributed by atoms with Crippen molar-refractivity contribution in [3.63, 3.8) is 0 Å². The summed E-state index contributed by atoms with van der Waals surface area (Å²) in [6.45, 7) is 6.77. The second kappa shape index (κ2) is 15.2. The predicted octanol–water partition coefficient (Wildman–Crippen LogP) is 3.14. The quantitative estimate of drug-likeness (QED) is 0.197. The molecular weight excluding hydrogens is 670 g/mol. The lowest BCUT2D eigenvalue weighted by atomic mass is 10.1. The van der Waals surface area contributed by atoms with Gasteiger partial charge in [-0.1, -0.05) is 0 Å². The molecule has 3 fully saturated rings. The van der Waals surface area contributed by atoms with Gasteiger partial charge in [0.15, 0.2) is 24.9 Å². The number of aromatic nitrogens is 2. The highest BCUT2D eigenvalue weighted by Gasteiger charge is 2.52. The summed E-state index contributed by atoms with van der Waals surface area (Å²) in [5, 5.41) is 11.2. The fourth-order valence-corrected chi connectivity index (χ4v) is 6.73. The van der Waals surface area contributed by atoms with Crippen LogP contribution in [-0.4, -0.2) is 84.9 Å². The first-order chi connectivity index (χ1) is 23.1. The first kappa shape index (κ1) is 36.8. The summed E-state index contributed by atoms with van der Waals surface area (Å²) in [7, 11) is -4.71. The highest BCUT2D eigenvalue weighted by Crippen LogP contribution is 2.37. The van der Waals surface area contributed by atoms with Crippen molar-refractivity contribution < 1.29 is 50.7 Å². The number of benzene rings is 1. The SMILES string of the molecule is Cc1cn([C@@H]2O[C@H](COC3CCCCO3)[C@@H](OC3CCCCO3)[C@H]2OS(=O)(=O)c2ccc([N+](=O)[O-])cc2)c(=O)n(C(=O)OC(C)(C)C)c1=O. The molecule has 270 valence electrons. The van der Waals surface area contributed by atoms with Crippen LogP contribution in [0.25, 0.3) is 0 Å². The molecule has 1 aromatic carbocycles. The van der Waals surface area contributed by atoms with E-state index in [-0.39, 0.29) is 17.9 Å². The minimum absolute atomic E-state index is 0.0607. The Bertz CT molecular complexity index is 1720. The number of nitro groups is 1. The molecule has 1 aromatic heterocycles. The molecule has 2 aromatic rings. The van der Waals surface area contributed by atoms with E-state index in [0.717, 1.165) is 60.7 Å². The van der Waals surface area contributed by atoms with Crippen molar-refractivity contribution in [2.45, 2.75) is 114 Å². The van der Waals surface area contributed by atoms with E-state index in [4.69, 9.17) is 32.6 Å². The van der Waals surface area contributed by atoms with Crippen molar-refractivity contribution in [3.05, 3.63) is 67.0 Å². The van der Waals surface area contributed by atoms with Crippen LogP contribution in [0.1, 0.15) is 71.1 Å². The fraction of sp³-hybridized carbons (Fsp3) is 0.645. The van der Waals surface area contributed by atoms with Crippen LogP contribution in [0.15, 0.2) is 44.9 Å². The topological polar surface area (TPSA) is 203 Å². The molecule has 6 atom stereocenters. The van der Waals surface area contributed by atoms with E-state index in [1.54, 1.807) is 20.8 Å². The van der Waals surface area contributed by atoms with Crippen LogP contribution in [0.3, 0.4) is 0 Å². The van der Waals surface area contributed by atoms with E-state index < -0.39 is 80.0 Å². The summed E-state index contributed by atoms with van der Waals surface area (Å²) in [6, 6.07) is 4.04. The van der Waals surface area contributed by atoms with Crippen molar-refractivity contribution in [2.24, 2.45) is 0 Å². The van der Waals surface area contributed by atoms with Crippen molar-refractivity contribution in [1.82, 2.24) is 9.13 Å². The Labute approximate surface area is 282 Å². The normalized spacial score (nSPS) is 26.4. The van der Waals surface area contributed by atoms with Crippen LogP contribution in [0.4, 0.5) is 10.5 Å². The molecule has 0 N–H and O–H groups in total. The monoisotopic (exact) mass is 711 g/mol. The number of aryl methyl sites for hydroxylation is 1. The van der Waals surface area contributed by atoms with Crippen LogP contribution < -0.4 is 11.2 Å². The fourth-order valence-electron chi connectivity index (χ4n) is 5.66. The van der Waals surface area contributed by atoms with Gasteiger partial charge < -0.3 is 28.4 Å². The van der Waals surface area contributed by atoms with Gasteiger partial charge in [-0.2, -0.15) is 13.0 Å². The minimum atomic E-state index is -4.71. The number of nitro benzene ring substituents is 1. The highest BCUT2D eigenvalue weighted by atomic mass is 32.2. The van der Waals surface area contributed by atoms with Gasteiger partial charge in [0.2, 0.25) is 0 Å². The summed E-state index contributed by atoms with van der Waals surface area (Å²) in [4.78, 5) is 50.2. The number of carbonyl (C=O) groups excluding carboxylic acids is 1. The van der Waals surface area contributed by atoms with Crippen molar-refractivity contribution in [1.29, 1.82) is 0 Å². The zero-order chi connectivity index (χ0) is 35.5. The number of hydrogen-bond donors (Lipinski definition) is 0. The maximum atomic E-state index is 13.9. The number of carbonyl (C=O) groups is 1. The third kappa shape index (κ3) is 8.80. The van der Waals surface area contributed by atoms with Gasteiger partial charge >= 0.3 is 11.8 Å². The van der Waals surface area contributed by atoms with Gasteiger partial charge in [0, 0.05) is 37.1 Å². The molecule has 0 spiro atoms. The molecule has 49 heavy (non-hydrogen) atoms.